The van der Waals surface area contributed by atoms with E-state index in [1.54, 1.807) is 29.2 Å². The van der Waals surface area contributed by atoms with Crippen molar-refractivity contribution in [2.45, 2.75) is 13.0 Å². The van der Waals surface area contributed by atoms with Gasteiger partial charge in [-0.25, -0.2) is 0 Å². The highest BCUT2D eigenvalue weighted by Crippen LogP contribution is 2.31. The number of hydrogen-bond donors (Lipinski definition) is 0. The van der Waals surface area contributed by atoms with E-state index in [4.69, 9.17) is 21.1 Å². The van der Waals surface area contributed by atoms with E-state index in [-0.39, 0.29) is 38.1 Å². The first kappa shape index (κ1) is 16.3. The summed E-state index contributed by atoms with van der Waals surface area (Å²) < 4.78 is 10.6. The predicted molar refractivity (Wildman–Crippen MR) is 90.2 cm³/mol. The van der Waals surface area contributed by atoms with E-state index in [0.717, 1.165) is 5.56 Å². The fraction of sp³-hybridized carbons (Fsp3) is 0.222. The minimum Gasteiger partial charge on any atom is -0.482 e. The molecule has 3 rings (SSSR count). The van der Waals surface area contributed by atoms with Gasteiger partial charge in [0, 0.05) is 17.1 Å². The summed E-state index contributed by atoms with van der Waals surface area (Å²) in [7, 11) is 0. The van der Waals surface area contributed by atoms with Gasteiger partial charge in [0.05, 0.1) is 12.1 Å². The molecule has 0 aromatic heterocycles. The first-order chi connectivity index (χ1) is 11.6. The summed E-state index contributed by atoms with van der Waals surface area (Å²) >= 11 is 6.02. The molecule has 2 aromatic rings. The molecule has 0 fully saturated rings. The fourth-order valence-corrected chi connectivity index (χ4v) is 2.64. The van der Waals surface area contributed by atoms with Gasteiger partial charge < -0.3 is 14.4 Å². The summed E-state index contributed by atoms with van der Waals surface area (Å²) in [6, 6.07) is 14.4. The van der Waals surface area contributed by atoms with E-state index in [2.05, 4.69) is 0 Å². The van der Waals surface area contributed by atoms with Crippen molar-refractivity contribution >= 4 is 29.2 Å². The van der Waals surface area contributed by atoms with Gasteiger partial charge >= 0.3 is 5.97 Å². The second kappa shape index (κ2) is 7.36. The van der Waals surface area contributed by atoms with Crippen LogP contribution in [0.25, 0.3) is 0 Å². The van der Waals surface area contributed by atoms with Crippen molar-refractivity contribution in [3.05, 3.63) is 59.1 Å². The van der Waals surface area contributed by atoms with Crippen LogP contribution in [0.3, 0.4) is 0 Å². The van der Waals surface area contributed by atoms with Gasteiger partial charge in [-0.15, -0.1) is 0 Å². The Kier molecular flexibility index (Phi) is 5.01. The van der Waals surface area contributed by atoms with Gasteiger partial charge in [0.2, 0.25) is 0 Å². The second-order valence-corrected chi connectivity index (χ2v) is 5.71. The summed E-state index contributed by atoms with van der Waals surface area (Å²) in [5.74, 6) is 0.0841. The molecule has 6 heteroatoms. The summed E-state index contributed by atoms with van der Waals surface area (Å²) in [5.41, 5.74) is 1.42. The van der Waals surface area contributed by atoms with Crippen molar-refractivity contribution in [2.24, 2.45) is 0 Å². The fourth-order valence-electron chi connectivity index (χ4n) is 2.45. The van der Waals surface area contributed by atoms with Crippen molar-refractivity contribution in [3.8, 4) is 5.75 Å². The van der Waals surface area contributed by atoms with Gasteiger partial charge in [-0.1, -0.05) is 41.9 Å². The molecule has 24 heavy (non-hydrogen) atoms. The molecule has 124 valence electrons. The van der Waals surface area contributed by atoms with Gasteiger partial charge in [-0.3, -0.25) is 9.59 Å². The zero-order valence-electron chi connectivity index (χ0n) is 12.9. The van der Waals surface area contributed by atoms with Gasteiger partial charge in [0.25, 0.3) is 5.91 Å². The van der Waals surface area contributed by atoms with Crippen LogP contribution >= 0.6 is 11.6 Å². The third-order valence-electron chi connectivity index (χ3n) is 3.69. The number of fused-ring (bicyclic) bond motifs is 1. The summed E-state index contributed by atoms with van der Waals surface area (Å²) in [5, 5.41) is 0.558. The number of nitrogens with zero attached hydrogens (tertiary/aromatic N) is 1. The number of halogens is 1. The molecule has 0 bridgehead atoms. The third kappa shape index (κ3) is 3.68. The largest absolute Gasteiger partial charge is 0.482 e. The van der Waals surface area contributed by atoms with Crippen LogP contribution in [0.15, 0.2) is 48.5 Å². The number of amides is 1. The SMILES string of the molecule is O=C(CCN1C(=O)COc2ccccc21)OCc1ccccc1Cl. The molecule has 1 heterocycles. The molecule has 0 radical (unpaired) electrons. The number of carbonyl (C=O) groups is 2. The van der Waals surface area contributed by atoms with Crippen LogP contribution in [-0.4, -0.2) is 25.0 Å². The first-order valence-corrected chi connectivity index (χ1v) is 7.94. The molecule has 0 aliphatic carbocycles. The van der Waals surface area contributed by atoms with Gasteiger partial charge in [0.15, 0.2) is 6.61 Å². The van der Waals surface area contributed by atoms with Crippen molar-refractivity contribution in [1.29, 1.82) is 0 Å². The molecule has 0 saturated carbocycles. The molecular weight excluding hydrogens is 330 g/mol. The quantitative estimate of drug-likeness (QED) is 0.781. The lowest BCUT2D eigenvalue weighted by atomic mass is 10.2. The lowest BCUT2D eigenvalue weighted by molar-refractivity contribution is -0.144. The van der Waals surface area contributed by atoms with E-state index in [0.29, 0.717) is 16.5 Å². The van der Waals surface area contributed by atoms with E-state index >= 15 is 0 Å². The van der Waals surface area contributed by atoms with Crippen molar-refractivity contribution in [3.63, 3.8) is 0 Å². The Bertz CT molecular complexity index is 762. The number of para-hydroxylation sites is 2. The van der Waals surface area contributed by atoms with Crippen molar-refractivity contribution in [2.75, 3.05) is 18.1 Å². The minimum atomic E-state index is -0.383. The Morgan fingerprint density at radius 3 is 2.75 bits per heavy atom. The van der Waals surface area contributed by atoms with Gasteiger partial charge in [-0.05, 0) is 18.2 Å². The summed E-state index contributed by atoms with van der Waals surface area (Å²) in [4.78, 5) is 25.5. The smallest absolute Gasteiger partial charge is 0.307 e. The predicted octanol–water partition coefficient (Wildman–Crippen LogP) is 3.20. The molecule has 0 spiro atoms. The molecule has 5 nitrogen and oxygen atoms in total. The number of ether oxygens (including phenoxy) is 2. The number of esters is 1. The molecule has 1 aliphatic rings. The Hall–Kier alpha value is -2.53. The highest BCUT2D eigenvalue weighted by molar-refractivity contribution is 6.31. The van der Waals surface area contributed by atoms with E-state index in [1.807, 2.05) is 24.3 Å². The number of carbonyl (C=O) groups excluding carboxylic acids is 2. The lowest BCUT2D eigenvalue weighted by Crippen LogP contribution is -2.40. The number of hydrogen-bond acceptors (Lipinski definition) is 4. The molecule has 1 amide bonds. The van der Waals surface area contributed by atoms with Gasteiger partial charge in [-0.2, -0.15) is 0 Å². The van der Waals surface area contributed by atoms with Crippen LogP contribution in [-0.2, 0) is 20.9 Å². The third-order valence-corrected chi connectivity index (χ3v) is 4.06. The Morgan fingerprint density at radius 1 is 1.17 bits per heavy atom. The molecule has 1 aliphatic heterocycles. The standard InChI is InChI=1S/C18H16ClNO4/c19-14-6-2-1-5-13(14)11-24-18(22)9-10-20-15-7-3-4-8-16(15)23-12-17(20)21/h1-8H,9-12H2. The number of anilines is 1. The molecule has 2 aromatic carbocycles. The average molecular weight is 346 g/mol. The summed E-state index contributed by atoms with van der Waals surface area (Å²) in [6.45, 7) is 0.346. The normalized spacial score (nSPS) is 13.2. The Labute approximate surface area is 144 Å². The molecule has 0 N–H and O–H groups in total. The minimum absolute atomic E-state index is 0.0221. The highest BCUT2D eigenvalue weighted by atomic mass is 35.5. The van der Waals surface area contributed by atoms with Crippen molar-refractivity contribution in [1.82, 2.24) is 0 Å². The maximum Gasteiger partial charge on any atom is 0.307 e. The maximum absolute atomic E-state index is 12.0. The number of benzene rings is 2. The molecule has 0 saturated heterocycles. The van der Waals surface area contributed by atoms with Crippen molar-refractivity contribution < 1.29 is 19.1 Å². The van der Waals surface area contributed by atoms with E-state index in [1.165, 1.54) is 0 Å². The highest BCUT2D eigenvalue weighted by Gasteiger charge is 2.25. The van der Waals surface area contributed by atoms with Gasteiger partial charge in [0.1, 0.15) is 12.4 Å². The van der Waals surface area contributed by atoms with Crippen LogP contribution < -0.4 is 9.64 Å². The summed E-state index contributed by atoms with van der Waals surface area (Å²) in [6.07, 6.45) is 0.102. The Morgan fingerprint density at radius 2 is 1.92 bits per heavy atom. The molecular formula is C18H16ClNO4. The first-order valence-electron chi connectivity index (χ1n) is 7.56. The second-order valence-electron chi connectivity index (χ2n) is 5.30. The monoisotopic (exact) mass is 345 g/mol. The maximum atomic E-state index is 12.0. The van der Waals surface area contributed by atoms with E-state index in [9.17, 15) is 9.59 Å². The molecule has 0 unspecified atom stereocenters. The molecule has 0 atom stereocenters. The zero-order valence-corrected chi connectivity index (χ0v) is 13.7. The van der Waals surface area contributed by atoms with E-state index < -0.39 is 0 Å². The van der Waals surface area contributed by atoms with Crippen LogP contribution in [0.4, 0.5) is 5.69 Å². The average Bonchev–Trinajstić information content (AvgIpc) is 2.60. The van der Waals surface area contributed by atoms with Crippen LogP contribution in [0.2, 0.25) is 5.02 Å². The van der Waals surface area contributed by atoms with Crippen LogP contribution in [0.5, 0.6) is 5.75 Å². The topological polar surface area (TPSA) is 55.8 Å². The lowest BCUT2D eigenvalue weighted by Gasteiger charge is -2.28. The Balaban J connectivity index is 1.57. The van der Waals surface area contributed by atoms with Crippen LogP contribution in [0, 0.1) is 0 Å². The number of rotatable bonds is 5. The zero-order chi connectivity index (χ0) is 16.9. The van der Waals surface area contributed by atoms with Crippen LogP contribution in [0.1, 0.15) is 12.0 Å².